The number of aryl methyl sites for hydroxylation is 1. The topological polar surface area (TPSA) is 277 Å². The zero-order valence-corrected chi connectivity index (χ0v) is 26.8. The highest BCUT2D eigenvalue weighted by molar-refractivity contribution is 6.31. The first-order valence-corrected chi connectivity index (χ1v) is 13.9. The molecule has 0 radical (unpaired) electrons. The second-order valence-electron chi connectivity index (χ2n) is 9.73. The van der Waals surface area contributed by atoms with Crippen LogP contribution in [0.3, 0.4) is 0 Å². The number of unbranched alkanes of at least 4 members (excludes halogenated alkanes) is 1. The summed E-state index contributed by atoms with van der Waals surface area (Å²) in [6.45, 7) is -0.627. The van der Waals surface area contributed by atoms with Crippen LogP contribution in [0.2, 0.25) is 5.15 Å². The molecule has 1 amide bonds. The molecule has 19 heteroatoms. The second-order valence-corrected chi connectivity index (χ2v) is 10.1. The van der Waals surface area contributed by atoms with Crippen molar-refractivity contribution in [3.8, 4) is 5.75 Å². The number of carbonyl (C=O) groups is 1. The first-order chi connectivity index (χ1) is 20.4. The number of aliphatic hydroxyl groups excluding tert-OH is 6. The summed E-state index contributed by atoms with van der Waals surface area (Å²) in [5, 5.41) is 70.3. The maximum Gasteiger partial charge on any atom is 0.280 e. The van der Waals surface area contributed by atoms with Gasteiger partial charge in [0.15, 0.2) is 28.4 Å². The van der Waals surface area contributed by atoms with Gasteiger partial charge in [0.2, 0.25) is 0 Å². The van der Waals surface area contributed by atoms with Crippen LogP contribution in [0.25, 0.3) is 0 Å². The number of nitrogens with one attached hydrogen (secondary N) is 3. The van der Waals surface area contributed by atoms with Crippen LogP contribution in [0, 0.1) is 5.41 Å². The van der Waals surface area contributed by atoms with Crippen molar-refractivity contribution in [3.63, 3.8) is 0 Å². The number of aromatic nitrogens is 2. The van der Waals surface area contributed by atoms with Crippen molar-refractivity contribution in [2.45, 2.75) is 43.7 Å². The summed E-state index contributed by atoms with van der Waals surface area (Å²) in [6, 6.07) is 7.43. The van der Waals surface area contributed by atoms with Gasteiger partial charge in [-0.2, -0.15) is 0 Å². The lowest BCUT2D eigenvalue weighted by Crippen LogP contribution is -2.47. The molecular formula is C26H43Cl3N8O8. The molecule has 4 atom stereocenters. The summed E-state index contributed by atoms with van der Waals surface area (Å²) in [4.78, 5) is 21.3. The minimum Gasteiger partial charge on any atom is -0.492 e. The van der Waals surface area contributed by atoms with Crippen LogP contribution in [-0.4, -0.2) is 128 Å². The van der Waals surface area contributed by atoms with Gasteiger partial charge in [0.05, 0.1) is 25.4 Å². The standard InChI is InChI=1S/C26H41ClN8O8.2ClH/c27-22-24(29)33-23(28)21(32-22)25(42)34-26(30)31-8-2-1-3-15-4-6-16(7-5-15)43-10-9-35(11-17(38)19(40)13-36)12-18(39)20(41)14-37;;/h4-7,17-20,36-41H,1-3,8-14H2,(H4,28,29,33)(H3,30,31,34,42);2*1H/t17-,18-,19+,20+;;/m0../s1. The average molecular weight is 702 g/mol. The molecule has 2 aromatic rings. The van der Waals surface area contributed by atoms with E-state index in [2.05, 4.69) is 20.6 Å². The van der Waals surface area contributed by atoms with Gasteiger partial charge in [-0.05, 0) is 37.0 Å². The summed E-state index contributed by atoms with van der Waals surface area (Å²) in [5.74, 6) is -0.672. The number of carbonyl (C=O) groups excluding carboxylic acids is 1. The number of hydrogen-bond donors (Lipinski definition) is 11. The van der Waals surface area contributed by atoms with Gasteiger partial charge in [0.1, 0.15) is 24.6 Å². The number of amides is 1. The van der Waals surface area contributed by atoms with Crippen molar-refractivity contribution in [1.82, 2.24) is 25.5 Å². The number of nitrogens with zero attached hydrogens (tertiary/aromatic N) is 3. The number of guanidine groups is 1. The maximum atomic E-state index is 12.3. The molecule has 1 aromatic heterocycles. The summed E-state index contributed by atoms with van der Waals surface area (Å²) in [7, 11) is 0. The smallest absolute Gasteiger partial charge is 0.280 e. The summed E-state index contributed by atoms with van der Waals surface area (Å²) in [5.41, 5.74) is 12.0. The molecule has 0 spiro atoms. The molecule has 0 fully saturated rings. The normalized spacial score (nSPS) is 13.5. The van der Waals surface area contributed by atoms with Gasteiger partial charge in [0, 0.05) is 26.2 Å². The number of halogens is 3. The summed E-state index contributed by atoms with van der Waals surface area (Å²) in [6.07, 6.45) is -3.02. The van der Waals surface area contributed by atoms with Crippen LogP contribution in [0.15, 0.2) is 24.3 Å². The molecule has 45 heavy (non-hydrogen) atoms. The number of rotatable bonds is 18. The third-order valence-electron chi connectivity index (χ3n) is 6.30. The van der Waals surface area contributed by atoms with Gasteiger partial charge < -0.3 is 52.2 Å². The van der Waals surface area contributed by atoms with Gasteiger partial charge in [-0.25, -0.2) is 9.97 Å². The highest BCUT2D eigenvalue weighted by atomic mass is 35.5. The Morgan fingerprint density at radius 2 is 1.51 bits per heavy atom. The van der Waals surface area contributed by atoms with Crippen molar-refractivity contribution in [2.24, 2.45) is 0 Å². The molecule has 13 N–H and O–H groups in total. The lowest BCUT2D eigenvalue weighted by molar-refractivity contribution is -0.0551. The van der Waals surface area contributed by atoms with Crippen LogP contribution >= 0.6 is 36.4 Å². The van der Waals surface area contributed by atoms with E-state index in [1.807, 2.05) is 12.1 Å². The monoisotopic (exact) mass is 700 g/mol. The number of benzene rings is 1. The van der Waals surface area contributed by atoms with Crippen molar-refractivity contribution in [3.05, 3.63) is 40.7 Å². The fourth-order valence-corrected chi connectivity index (χ4v) is 3.94. The van der Waals surface area contributed by atoms with E-state index in [4.69, 9.17) is 43.4 Å². The zero-order valence-electron chi connectivity index (χ0n) is 24.4. The third-order valence-corrected chi connectivity index (χ3v) is 6.58. The van der Waals surface area contributed by atoms with E-state index in [1.54, 1.807) is 17.0 Å². The molecule has 1 aromatic carbocycles. The molecule has 256 valence electrons. The maximum absolute atomic E-state index is 12.3. The number of hydrogen-bond acceptors (Lipinski definition) is 14. The summed E-state index contributed by atoms with van der Waals surface area (Å²) >= 11 is 5.78. The molecule has 0 aliphatic rings. The average Bonchev–Trinajstić information content (AvgIpc) is 2.98. The van der Waals surface area contributed by atoms with Crippen LogP contribution in [0.1, 0.15) is 28.9 Å². The zero-order chi connectivity index (χ0) is 31.9. The lowest BCUT2D eigenvalue weighted by atomic mass is 10.1. The van der Waals surface area contributed by atoms with Crippen LogP contribution in [0.5, 0.6) is 5.75 Å². The Morgan fingerprint density at radius 3 is 2.07 bits per heavy atom. The molecule has 0 aliphatic heterocycles. The quantitative estimate of drug-likeness (QED) is 0.0481. The number of ether oxygens (including phenoxy) is 1. The van der Waals surface area contributed by atoms with Gasteiger partial charge in [-0.15, -0.1) is 24.8 Å². The number of anilines is 2. The Balaban J connectivity index is 0.00000968. The molecule has 2 rings (SSSR count). The Bertz CT molecular complexity index is 1150. The largest absolute Gasteiger partial charge is 0.492 e. The Morgan fingerprint density at radius 1 is 0.933 bits per heavy atom. The SMILES string of the molecule is Cl.Cl.N=C(NCCCCc1ccc(OCCN(C[C@H](O)[C@H](O)CO)C[C@H](O)[C@H](O)CO)cc1)NC(=O)c1nc(Cl)c(N)nc1N. The van der Waals surface area contributed by atoms with Gasteiger partial charge in [-0.1, -0.05) is 23.7 Å². The number of nitrogen functional groups attached to an aromatic ring is 2. The first kappa shape index (κ1) is 42.2. The minimum atomic E-state index is -1.37. The van der Waals surface area contributed by atoms with E-state index in [9.17, 15) is 25.2 Å². The highest BCUT2D eigenvalue weighted by Crippen LogP contribution is 2.17. The molecule has 0 saturated carbocycles. The van der Waals surface area contributed by atoms with Crippen molar-refractivity contribution < 1.29 is 40.2 Å². The van der Waals surface area contributed by atoms with Gasteiger partial charge in [0.25, 0.3) is 5.91 Å². The van der Waals surface area contributed by atoms with Crippen molar-refractivity contribution in [2.75, 3.05) is 57.5 Å². The van der Waals surface area contributed by atoms with Gasteiger partial charge in [-0.3, -0.25) is 20.4 Å². The molecule has 1 heterocycles. The van der Waals surface area contributed by atoms with E-state index in [0.29, 0.717) is 12.3 Å². The van der Waals surface area contributed by atoms with E-state index in [1.165, 1.54) is 0 Å². The third kappa shape index (κ3) is 14.9. The van der Waals surface area contributed by atoms with Gasteiger partial charge >= 0.3 is 0 Å². The van der Waals surface area contributed by atoms with Crippen molar-refractivity contribution in [1.29, 1.82) is 5.41 Å². The molecule has 0 unspecified atom stereocenters. The molecule has 0 saturated heterocycles. The summed E-state index contributed by atoms with van der Waals surface area (Å²) < 4.78 is 5.75. The minimum absolute atomic E-state index is 0. The Labute approximate surface area is 278 Å². The van der Waals surface area contributed by atoms with Crippen LogP contribution < -0.4 is 26.8 Å². The Kier molecular flexibility index (Phi) is 20.5. The van der Waals surface area contributed by atoms with E-state index < -0.39 is 43.5 Å². The highest BCUT2D eigenvalue weighted by Gasteiger charge is 2.24. The number of nitrogens with two attached hydrogens (primary N) is 2. The fourth-order valence-electron chi connectivity index (χ4n) is 3.81. The first-order valence-electron chi connectivity index (χ1n) is 13.5. The molecule has 16 nitrogen and oxygen atoms in total. The molecular weight excluding hydrogens is 659 g/mol. The second kappa shape index (κ2) is 21.9. The fraction of sp³-hybridized carbons (Fsp3) is 0.538. The molecule has 0 aliphatic carbocycles. The van der Waals surface area contributed by atoms with Crippen LogP contribution in [0.4, 0.5) is 11.6 Å². The predicted molar refractivity (Wildman–Crippen MR) is 173 cm³/mol. The van der Waals surface area contributed by atoms with E-state index >= 15 is 0 Å². The lowest BCUT2D eigenvalue weighted by Gasteiger charge is -2.29. The predicted octanol–water partition coefficient (Wildman–Crippen LogP) is -1.48. The van der Waals surface area contributed by atoms with Crippen LogP contribution in [-0.2, 0) is 6.42 Å². The van der Waals surface area contributed by atoms with E-state index in [0.717, 1.165) is 24.8 Å². The Hall–Kier alpha value is -2.77. The van der Waals surface area contributed by atoms with Crippen molar-refractivity contribution >= 4 is 59.9 Å². The number of aliphatic hydroxyl groups is 6. The molecule has 0 bridgehead atoms. The van der Waals surface area contributed by atoms with E-state index in [-0.39, 0.29) is 79.5 Å².